The molecule has 2 aliphatic heterocycles. The maximum absolute atomic E-state index is 9.83. The molecule has 0 aromatic rings. The standard InChI is InChI=1S/C10H19NO/c1-9(2)7-4-5-10(3,11-9)8(12)6-7/h7-8,11-12H,4-6H2,1-3H3. The number of hydrogen-bond donors (Lipinski definition) is 2. The average molecular weight is 169 g/mol. The molecule has 3 unspecified atom stereocenters. The quantitative estimate of drug-likeness (QED) is 0.572. The van der Waals surface area contributed by atoms with Crippen LogP contribution in [0.1, 0.15) is 40.0 Å². The van der Waals surface area contributed by atoms with Gasteiger partial charge in [-0.1, -0.05) is 0 Å². The highest BCUT2D eigenvalue weighted by molar-refractivity contribution is 5.09. The smallest absolute Gasteiger partial charge is 0.0722 e. The molecule has 2 bridgehead atoms. The van der Waals surface area contributed by atoms with E-state index < -0.39 is 0 Å². The van der Waals surface area contributed by atoms with Gasteiger partial charge in [-0.25, -0.2) is 0 Å². The van der Waals surface area contributed by atoms with Crippen LogP contribution >= 0.6 is 0 Å². The minimum Gasteiger partial charge on any atom is -0.391 e. The highest BCUT2D eigenvalue weighted by Gasteiger charge is 2.51. The van der Waals surface area contributed by atoms with Gasteiger partial charge in [0, 0.05) is 11.1 Å². The molecule has 3 rings (SSSR count). The molecule has 3 atom stereocenters. The molecule has 70 valence electrons. The molecule has 0 spiro atoms. The van der Waals surface area contributed by atoms with Crippen molar-refractivity contribution in [3.63, 3.8) is 0 Å². The van der Waals surface area contributed by atoms with E-state index in [4.69, 9.17) is 0 Å². The first kappa shape index (κ1) is 8.52. The Kier molecular flexibility index (Phi) is 1.59. The van der Waals surface area contributed by atoms with E-state index in [0.717, 1.165) is 12.8 Å². The largest absolute Gasteiger partial charge is 0.391 e. The van der Waals surface area contributed by atoms with E-state index in [1.807, 2.05) is 0 Å². The zero-order chi connectivity index (χ0) is 8.98. The topological polar surface area (TPSA) is 32.3 Å². The van der Waals surface area contributed by atoms with Crippen molar-refractivity contribution in [2.45, 2.75) is 57.2 Å². The summed E-state index contributed by atoms with van der Waals surface area (Å²) < 4.78 is 0. The molecular weight excluding hydrogens is 150 g/mol. The first-order valence-electron chi connectivity index (χ1n) is 4.91. The van der Waals surface area contributed by atoms with Gasteiger partial charge < -0.3 is 10.4 Å². The molecule has 0 aromatic carbocycles. The second kappa shape index (κ2) is 2.24. The zero-order valence-corrected chi connectivity index (χ0v) is 8.22. The molecule has 1 saturated carbocycles. The monoisotopic (exact) mass is 169 g/mol. The van der Waals surface area contributed by atoms with Crippen LogP contribution < -0.4 is 5.32 Å². The summed E-state index contributed by atoms with van der Waals surface area (Å²) in [6.07, 6.45) is 3.25. The Labute approximate surface area is 74.4 Å². The normalized spacial score (nSPS) is 51.0. The van der Waals surface area contributed by atoms with Crippen molar-refractivity contribution in [1.29, 1.82) is 0 Å². The fourth-order valence-electron chi connectivity index (χ4n) is 2.93. The number of aliphatic hydroxyl groups is 1. The van der Waals surface area contributed by atoms with Gasteiger partial charge in [0.1, 0.15) is 0 Å². The van der Waals surface area contributed by atoms with Gasteiger partial charge in [0.2, 0.25) is 0 Å². The molecule has 2 N–H and O–H groups in total. The fraction of sp³-hybridized carbons (Fsp3) is 1.00. The molecule has 2 heteroatoms. The van der Waals surface area contributed by atoms with Crippen molar-refractivity contribution in [3.8, 4) is 0 Å². The zero-order valence-electron chi connectivity index (χ0n) is 8.22. The third kappa shape index (κ3) is 1.01. The Bertz CT molecular complexity index is 202. The molecule has 12 heavy (non-hydrogen) atoms. The van der Waals surface area contributed by atoms with Crippen LogP contribution in [0.2, 0.25) is 0 Å². The van der Waals surface area contributed by atoms with Gasteiger partial charge in [-0.05, 0) is 46.0 Å². The third-order valence-electron chi connectivity index (χ3n) is 3.88. The number of aliphatic hydroxyl groups excluding tert-OH is 1. The summed E-state index contributed by atoms with van der Waals surface area (Å²) in [4.78, 5) is 0. The maximum Gasteiger partial charge on any atom is 0.0722 e. The van der Waals surface area contributed by atoms with E-state index in [0.29, 0.717) is 5.92 Å². The van der Waals surface area contributed by atoms with Crippen LogP contribution in [0.3, 0.4) is 0 Å². The summed E-state index contributed by atoms with van der Waals surface area (Å²) in [7, 11) is 0. The van der Waals surface area contributed by atoms with Gasteiger partial charge in [-0.2, -0.15) is 0 Å². The number of rotatable bonds is 0. The predicted molar refractivity (Wildman–Crippen MR) is 49.0 cm³/mol. The van der Waals surface area contributed by atoms with E-state index in [9.17, 15) is 5.11 Å². The van der Waals surface area contributed by atoms with E-state index in [1.54, 1.807) is 0 Å². The van der Waals surface area contributed by atoms with Crippen LogP contribution in [0.25, 0.3) is 0 Å². The third-order valence-corrected chi connectivity index (χ3v) is 3.88. The highest BCUT2D eigenvalue weighted by atomic mass is 16.3. The first-order chi connectivity index (χ1) is 5.44. The van der Waals surface area contributed by atoms with E-state index >= 15 is 0 Å². The van der Waals surface area contributed by atoms with E-state index in [1.165, 1.54) is 6.42 Å². The van der Waals surface area contributed by atoms with Crippen molar-refractivity contribution in [3.05, 3.63) is 0 Å². The Hall–Kier alpha value is -0.0800. The summed E-state index contributed by atoms with van der Waals surface area (Å²) in [6, 6.07) is 0. The lowest BCUT2D eigenvalue weighted by Crippen LogP contribution is -2.70. The summed E-state index contributed by atoms with van der Waals surface area (Å²) >= 11 is 0. The summed E-state index contributed by atoms with van der Waals surface area (Å²) in [6.45, 7) is 6.65. The van der Waals surface area contributed by atoms with Crippen LogP contribution in [0.5, 0.6) is 0 Å². The van der Waals surface area contributed by atoms with Crippen LogP contribution in [0, 0.1) is 5.92 Å². The highest BCUT2D eigenvalue weighted by Crippen LogP contribution is 2.44. The molecule has 0 radical (unpaired) electrons. The van der Waals surface area contributed by atoms with Crippen molar-refractivity contribution in [1.82, 2.24) is 5.32 Å². The first-order valence-corrected chi connectivity index (χ1v) is 4.91. The van der Waals surface area contributed by atoms with Crippen molar-refractivity contribution < 1.29 is 5.11 Å². The van der Waals surface area contributed by atoms with Gasteiger partial charge in [0.05, 0.1) is 6.10 Å². The maximum atomic E-state index is 9.83. The lowest BCUT2D eigenvalue weighted by atomic mass is 9.63. The van der Waals surface area contributed by atoms with Crippen molar-refractivity contribution >= 4 is 0 Å². The van der Waals surface area contributed by atoms with Crippen LogP contribution in [0.4, 0.5) is 0 Å². The number of piperidine rings is 2. The molecule has 2 saturated heterocycles. The van der Waals surface area contributed by atoms with E-state index in [2.05, 4.69) is 26.1 Å². The Morgan fingerprint density at radius 3 is 2.33 bits per heavy atom. The Morgan fingerprint density at radius 1 is 1.33 bits per heavy atom. The molecule has 2 nitrogen and oxygen atoms in total. The van der Waals surface area contributed by atoms with Crippen LogP contribution in [0.15, 0.2) is 0 Å². The molecule has 0 amide bonds. The van der Waals surface area contributed by atoms with Gasteiger partial charge in [0.25, 0.3) is 0 Å². The molecule has 3 fully saturated rings. The molecule has 1 aliphatic carbocycles. The van der Waals surface area contributed by atoms with Crippen LogP contribution in [-0.4, -0.2) is 22.3 Å². The van der Waals surface area contributed by atoms with Crippen LogP contribution in [-0.2, 0) is 0 Å². The number of fused-ring (bicyclic) bond motifs is 3. The van der Waals surface area contributed by atoms with Gasteiger partial charge in [-0.3, -0.25) is 0 Å². The second-order valence-corrected chi connectivity index (χ2v) is 5.25. The molecule has 3 aliphatic rings. The van der Waals surface area contributed by atoms with Gasteiger partial charge >= 0.3 is 0 Å². The second-order valence-electron chi connectivity index (χ2n) is 5.25. The van der Waals surface area contributed by atoms with Gasteiger partial charge in [-0.15, -0.1) is 0 Å². The average Bonchev–Trinajstić information content (AvgIpc) is 1.91. The van der Waals surface area contributed by atoms with Crippen molar-refractivity contribution in [2.75, 3.05) is 0 Å². The molecule has 0 aromatic heterocycles. The van der Waals surface area contributed by atoms with Crippen molar-refractivity contribution in [2.24, 2.45) is 5.92 Å². The summed E-state index contributed by atoms with van der Waals surface area (Å²) in [5, 5.41) is 13.4. The minimum absolute atomic E-state index is 0.0156. The lowest BCUT2D eigenvalue weighted by molar-refractivity contribution is -0.0730. The fourth-order valence-corrected chi connectivity index (χ4v) is 2.93. The SMILES string of the molecule is CC1(C)NC2(C)CCC1CC2O. The molecular formula is C10H19NO. The minimum atomic E-state index is -0.135. The summed E-state index contributed by atoms with van der Waals surface area (Å²) in [5.41, 5.74) is 0.213. The Balaban J connectivity index is 2.26. The summed E-state index contributed by atoms with van der Waals surface area (Å²) in [5.74, 6) is 0.661. The Morgan fingerprint density at radius 2 is 2.00 bits per heavy atom. The lowest BCUT2D eigenvalue weighted by Gasteiger charge is -2.57. The van der Waals surface area contributed by atoms with Gasteiger partial charge in [0.15, 0.2) is 0 Å². The predicted octanol–water partition coefficient (Wildman–Crippen LogP) is 1.29. The number of hydrogen-bond acceptors (Lipinski definition) is 2. The number of nitrogens with one attached hydrogen (secondary N) is 1. The van der Waals surface area contributed by atoms with E-state index in [-0.39, 0.29) is 17.2 Å². The molecule has 2 heterocycles.